The monoisotopic (exact) mass is 597 g/mol. The molecule has 8 nitrogen and oxygen atoms in total. The van der Waals surface area contributed by atoms with Gasteiger partial charge in [0.05, 0.1) is 0 Å². The molecule has 0 radical (unpaired) electrons. The second-order valence-electron chi connectivity index (χ2n) is 15.7. The average molecular weight is 597 g/mol. The third kappa shape index (κ3) is 9.90. The van der Waals surface area contributed by atoms with Crippen molar-refractivity contribution in [1.82, 2.24) is 25.6 Å². The molecule has 2 fully saturated rings. The fourth-order valence-corrected chi connectivity index (χ4v) is 7.82. The van der Waals surface area contributed by atoms with E-state index in [-0.39, 0.29) is 22.2 Å². The highest BCUT2D eigenvalue weighted by atomic mass is 15.4. The molecular weight excluding hydrogens is 532 g/mol. The van der Waals surface area contributed by atoms with Crippen LogP contribution in [0.4, 0.5) is 17.8 Å². The highest BCUT2D eigenvalue weighted by Crippen LogP contribution is 2.36. The summed E-state index contributed by atoms with van der Waals surface area (Å²) in [5, 5.41) is 7.75. The van der Waals surface area contributed by atoms with Crippen LogP contribution < -0.4 is 25.3 Å². The van der Waals surface area contributed by atoms with Crippen molar-refractivity contribution in [2.45, 2.75) is 155 Å². The highest BCUT2D eigenvalue weighted by Gasteiger charge is 2.43. The van der Waals surface area contributed by atoms with E-state index in [9.17, 15) is 0 Å². The topological polar surface area (TPSA) is 72.5 Å². The van der Waals surface area contributed by atoms with Crippen molar-refractivity contribution in [2.75, 3.05) is 40.9 Å². The van der Waals surface area contributed by atoms with Gasteiger partial charge in [-0.15, -0.1) is 13.2 Å². The van der Waals surface area contributed by atoms with Crippen LogP contribution in [0.25, 0.3) is 0 Å². The third-order valence-electron chi connectivity index (χ3n) is 8.82. The van der Waals surface area contributed by atoms with Gasteiger partial charge in [0.25, 0.3) is 0 Å². The van der Waals surface area contributed by atoms with Gasteiger partial charge in [-0.3, -0.25) is 0 Å². The van der Waals surface area contributed by atoms with Crippen molar-refractivity contribution in [1.29, 1.82) is 0 Å². The van der Waals surface area contributed by atoms with Crippen molar-refractivity contribution in [3.8, 4) is 0 Å². The second-order valence-corrected chi connectivity index (χ2v) is 15.7. The van der Waals surface area contributed by atoms with Crippen molar-refractivity contribution < 1.29 is 0 Å². The first-order valence-corrected chi connectivity index (χ1v) is 16.9. The molecule has 2 N–H and O–H groups in total. The zero-order valence-electron chi connectivity index (χ0n) is 29.4. The lowest BCUT2D eigenvalue weighted by molar-refractivity contribution is 0.157. The standard InChI is InChI=1S/C35H64N8/c1-13-17-21-42(27-23-32(5,6)39-33(7,8)24-27)30-36-29(41(19-15-3)20-16-4)37-31(38-30)43(22-18-14-2)28-25-34(9,10)40-35(11,12)26-28/h15-16,27-28,39-40H,3-4,13-14,17-26H2,1-2,5-12H3. The van der Waals surface area contributed by atoms with Gasteiger partial charge >= 0.3 is 0 Å². The van der Waals surface area contributed by atoms with Crippen LogP contribution in [0.15, 0.2) is 25.3 Å². The molecule has 0 atom stereocenters. The zero-order valence-corrected chi connectivity index (χ0v) is 29.4. The number of nitrogens with one attached hydrogen (secondary N) is 2. The second kappa shape index (κ2) is 14.3. The van der Waals surface area contributed by atoms with Crippen LogP contribution in [-0.4, -0.2) is 75.4 Å². The van der Waals surface area contributed by atoms with Gasteiger partial charge in [0.1, 0.15) is 0 Å². The van der Waals surface area contributed by atoms with Crippen molar-refractivity contribution >= 4 is 17.8 Å². The Labute approximate surface area is 264 Å². The molecule has 0 saturated carbocycles. The van der Waals surface area contributed by atoms with Crippen LogP contribution in [0.5, 0.6) is 0 Å². The highest BCUT2D eigenvalue weighted by molar-refractivity contribution is 5.49. The first-order chi connectivity index (χ1) is 20.0. The predicted molar refractivity (Wildman–Crippen MR) is 186 cm³/mol. The van der Waals surface area contributed by atoms with Crippen LogP contribution in [0.2, 0.25) is 0 Å². The Hall–Kier alpha value is -2.19. The summed E-state index contributed by atoms with van der Waals surface area (Å²) >= 11 is 0. The van der Waals surface area contributed by atoms with Gasteiger partial charge in [-0.1, -0.05) is 38.8 Å². The molecule has 0 spiro atoms. The number of piperidine rings is 2. The van der Waals surface area contributed by atoms with E-state index < -0.39 is 0 Å². The van der Waals surface area contributed by atoms with Crippen LogP contribution in [-0.2, 0) is 0 Å². The van der Waals surface area contributed by atoms with E-state index in [4.69, 9.17) is 15.0 Å². The van der Waals surface area contributed by atoms with Gasteiger partial charge in [-0.05, 0) is 93.9 Å². The van der Waals surface area contributed by atoms with Crippen molar-refractivity contribution in [3.05, 3.63) is 25.3 Å². The van der Waals surface area contributed by atoms with E-state index in [1.165, 1.54) is 0 Å². The van der Waals surface area contributed by atoms with Gasteiger partial charge in [-0.25, -0.2) is 0 Å². The van der Waals surface area contributed by atoms with Crippen molar-refractivity contribution in [3.63, 3.8) is 0 Å². The molecule has 8 heteroatoms. The predicted octanol–water partition coefficient (Wildman–Crippen LogP) is 6.88. The SMILES string of the molecule is C=CCN(CC=C)c1nc(N(CCCC)C2CC(C)(C)NC(C)(C)C2)nc(N(CCCC)C2CC(C)(C)NC(C)(C)C2)n1. The third-order valence-corrected chi connectivity index (χ3v) is 8.82. The number of rotatable bonds is 15. The molecule has 2 aliphatic rings. The minimum absolute atomic E-state index is 0.0205. The molecule has 3 heterocycles. The Morgan fingerprint density at radius 3 is 1.26 bits per heavy atom. The summed E-state index contributed by atoms with van der Waals surface area (Å²) in [6.45, 7) is 34.4. The maximum Gasteiger partial charge on any atom is 0.232 e. The lowest BCUT2D eigenvalue weighted by Gasteiger charge is -2.50. The largest absolute Gasteiger partial charge is 0.338 e. The fourth-order valence-electron chi connectivity index (χ4n) is 7.82. The summed E-state index contributed by atoms with van der Waals surface area (Å²) in [5.74, 6) is 2.32. The summed E-state index contributed by atoms with van der Waals surface area (Å²) in [5.41, 5.74) is 0.0822. The molecular formula is C35H64N8. The molecule has 0 unspecified atom stereocenters. The maximum atomic E-state index is 5.39. The molecule has 1 aromatic rings. The molecule has 1 aromatic heterocycles. The fraction of sp³-hybridized carbons (Fsp3) is 0.800. The molecule has 0 aliphatic carbocycles. The zero-order chi connectivity index (χ0) is 32.1. The smallest absolute Gasteiger partial charge is 0.232 e. The molecule has 2 aliphatic heterocycles. The Balaban J connectivity index is 2.20. The van der Waals surface area contributed by atoms with E-state index in [1.54, 1.807) is 0 Å². The van der Waals surface area contributed by atoms with Crippen LogP contribution >= 0.6 is 0 Å². The number of anilines is 3. The van der Waals surface area contributed by atoms with E-state index in [2.05, 4.69) is 108 Å². The van der Waals surface area contributed by atoms with Crippen LogP contribution in [0.1, 0.15) is 121 Å². The van der Waals surface area contributed by atoms with E-state index in [0.29, 0.717) is 31.1 Å². The van der Waals surface area contributed by atoms with Gasteiger partial charge in [0.2, 0.25) is 17.8 Å². The number of hydrogen-bond donors (Lipinski definition) is 2. The Morgan fingerprint density at radius 1 is 0.628 bits per heavy atom. The first kappa shape index (κ1) is 35.3. The summed E-state index contributed by atoms with van der Waals surface area (Å²) in [6, 6.07) is 0.656. The lowest BCUT2D eigenvalue weighted by atomic mass is 9.79. The minimum Gasteiger partial charge on any atom is -0.338 e. The Kier molecular flexibility index (Phi) is 11.7. The molecule has 3 rings (SSSR count). The Bertz CT molecular complexity index is 952. The maximum absolute atomic E-state index is 5.39. The number of hydrogen-bond acceptors (Lipinski definition) is 8. The number of aromatic nitrogens is 3. The molecule has 0 bridgehead atoms. The summed E-state index contributed by atoms with van der Waals surface area (Å²) in [7, 11) is 0. The van der Waals surface area contributed by atoms with Gasteiger partial charge in [-0.2, -0.15) is 15.0 Å². The number of unbranched alkanes of at least 4 members (excludes halogenated alkanes) is 2. The van der Waals surface area contributed by atoms with Crippen molar-refractivity contribution in [2.24, 2.45) is 0 Å². The molecule has 43 heavy (non-hydrogen) atoms. The quantitative estimate of drug-likeness (QED) is 0.212. The molecule has 0 amide bonds. The van der Waals surface area contributed by atoms with Gasteiger partial charge < -0.3 is 25.3 Å². The molecule has 2 saturated heterocycles. The van der Waals surface area contributed by atoms with Gasteiger partial charge in [0.15, 0.2) is 0 Å². The van der Waals surface area contributed by atoms with Gasteiger partial charge in [0, 0.05) is 60.4 Å². The average Bonchev–Trinajstić information content (AvgIpc) is 2.85. The van der Waals surface area contributed by atoms with Crippen LogP contribution in [0.3, 0.4) is 0 Å². The molecule has 244 valence electrons. The summed E-state index contributed by atoms with van der Waals surface area (Å²) < 4.78 is 0. The normalized spacial score (nSPS) is 21.3. The Morgan fingerprint density at radius 2 is 0.953 bits per heavy atom. The molecule has 0 aromatic carbocycles. The van der Waals surface area contributed by atoms with E-state index >= 15 is 0 Å². The first-order valence-electron chi connectivity index (χ1n) is 16.9. The minimum atomic E-state index is 0.0205. The van der Waals surface area contributed by atoms with E-state index in [0.717, 1.165) is 76.4 Å². The number of nitrogens with zero attached hydrogens (tertiary/aromatic N) is 6. The summed E-state index contributed by atoms with van der Waals surface area (Å²) in [4.78, 5) is 23.0. The summed E-state index contributed by atoms with van der Waals surface area (Å²) in [6.07, 6.45) is 12.4. The lowest BCUT2D eigenvalue weighted by Crippen LogP contribution is -2.63. The van der Waals surface area contributed by atoms with E-state index in [1.807, 2.05) is 12.2 Å². The van der Waals surface area contributed by atoms with Crippen LogP contribution in [0, 0.1) is 0 Å².